The highest BCUT2D eigenvalue weighted by molar-refractivity contribution is 5.71. The monoisotopic (exact) mass is 388 g/mol. The van der Waals surface area contributed by atoms with E-state index in [0.717, 1.165) is 23.9 Å². The van der Waals surface area contributed by atoms with Gasteiger partial charge >= 0.3 is 12.1 Å². The molecule has 1 atom stereocenters. The number of aliphatic carboxylic acids is 1. The molecule has 1 aromatic rings. The summed E-state index contributed by atoms with van der Waals surface area (Å²) in [6.07, 6.45) is -3.28. The highest BCUT2D eigenvalue weighted by atomic mass is 19.4. The molecule has 5 nitrogen and oxygen atoms in total. The number of rotatable bonds is 7. The predicted molar refractivity (Wildman–Crippen MR) is 95.8 cm³/mol. The molecule has 0 spiro atoms. The van der Waals surface area contributed by atoms with E-state index < -0.39 is 29.3 Å². The largest absolute Gasteiger partial charge is 0.480 e. The van der Waals surface area contributed by atoms with Crippen LogP contribution < -0.4 is 5.56 Å². The lowest BCUT2D eigenvalue weighted by atomic mass is 9.84. The summed E-state index contributed by atoms with van der Waals surface area (Å²) < 4.78 is 41.1. The quantitative estimate of drug-likeness (QED) is 0.778. The molecule has 1 N–H and O–H groups in total. The number of carboxylic acids is 1. The molecule has 0 aromatic carbocycles. The van der Waals surface area contributed by atoms with Crippen LogP contribution >= 0.6 is 0 Å². The van der Waals surface area contributed by atoms with E-state index in [0.29, 0.717) is 12.6 Å². The van der Waals surface area contributed by atoms with E-state index in [1.165, 1.54) is 0 Å². The van der Waals surface area contributed by atoms with Gasteiger partial charge in [0.2, 0.25) is 0 Å². The van der Waals surface area contributed by atoms with Gasteiger partial charge in [-0.05, 0) is 29.7 Å². The predicted octanol–water partition coefficient (Wildman–Crippen LogP) is 3.42. The van der Waals surface area contributed by atoms with Crippen LogP contribution in [0.5, 0.6) is 0 Å². The topological polar surface area (TPSA) is 62.5 Å². The number of hydrogen-bond acceptors (Lipinski definition) is 3. The second-order valence-corrected chi connectivity index (χ2v) is 8.56. The third-order valence-corrected chi connectivity index (χ3v) is 4.78. The third kappa shape index (κ3) is 5.34. The second-order valence-electron chi connectivity index (χ2n) is 8.56. The molecular weight excluding hydrogens is 361 g/mol. The van der Waals surface area contributed by atoms with Gasteiger partial charge < -0.3 is 14.6 Å². The molecule has 1 aliphatic heterocycles. The fraction of sp³-hybridized carbons (Fsp3) is 0.684. The van der Waals surface area contributed by atoms with Crippen molar-refractivity contribution in [1.29, 1.82) is 0 Å². The van der Waals surface area contributed by atoms with Crippen molar-refractivity contribution in [2.24, 2.45) is 11.3 Å². The van der Waals surface area contributed by atoms with Crippen molar-refractivity contribution in [1.82, 2.24) is 9.47 Å². The molecule has 0 bridgehead atoms. The van der Waals surface area contributed by atoms with Gasteiger partial charge in [0.05, 0.1) is 5.56 Å². The van der Waals surface area contributed by atoms with Gasteiger partial charge in [-0.15, -0.1) is 0 Å². The number of likely N-dealkylation sites (tertiary alicyclic amines) is 1. The maximum Gasteiger partial charge on any atom is 0.416 e. The molecular formula is C19H27F3N2O3. The zero-order valence-electron chi connectivity index (χ0n) is 16.1. The number of carbonyl (C=O) groups is 1. The van der Waals surface area contributed by atoms with Crippen molar-refractivity contribution in [2.75, 3.05) is 19.6 Å². The van der Waals surface area contributed by atoms with Gasteiger partial charge in [-0.1, -0.05) is 27.7 Å². The first-order valence-electron chi connectivity index (χ1n) is 9.07. The Kier molecular flexibility index (Phi) is 6.09. The van der Waals surface area contributed by atoms with Crippen molar-refractivity contribution in [3.05, 3.63) is 33.7 Å². The Balaban J connectivity index is 2.36. The summed E-state index contributed by atoms with van der Waals surface area (Å²) in [5.74, 6) is -1.24. The molecule has 1 aliphatic rings. The van der Waals surface area contributed by atoms with Gasteiger partial charge in [0, 0.05) is 31.9 Å². The van der Waals surface area contributed by atoms with Crippen LogP contribution in [0.1, 0.15) is 51.3 Å². The average Bonchev–Trinajstić information content (AvgIpc) is 2.47. The number of pyridine rings is 1. The molecule has 27 heavy (non-hydrogen) atoms. The maximum absolute atomic E-state index is 13.4. The molecule has 2 heterocycles. The summed E-state index contributed by atoms with van der Waals surface area (Å²) in [5.41, 5.74) is -1.79. The van der Waals surface area contributed by atoms with Crippen molar-refractivity contribution in [3.8, 4) is 0 Å². The van der Waals surface area contributed by atoms with Crippen LogP contribution in [-0.4, -0.2) is 40.2 Å². The summed E-state index contributed by atoms with van der Waals surface area (Å²) in [6.45, 7) is 9.84. The van der Waals surface area contributed by atoms with E-state index in [2.05, 4.69) is 18.7 Å². The summed E-state index contributed by atoms with van der Waals surface area (Å²) in [6, 6.07) is -0.646. The lowest BCUT2D eigenvalue weighted by Gasteiger charge is -2.46. The van der Waals surface area contributed by atoms with Gasteiger partial charge in [-0.2, -0.15) is 13.2 Å². The summed E-state index contributed by atoms with van der Waals surface area (Å²) in [5, 5.41) is 9.45. The smallest absolute Gasteiger partial charge is 0.416 e. The van der Waals surface area contributed by atoms with Gasteiger partial charge in [-0.25, -0.2) is 4.79 Å². The molecule has 0 amide bonds. The first-order valence-corrected chi connectivity index (χ1v) is 9.07. The first kappa shape index (κ1) is 21.5. The number of carboxylic acid groups (broad SMARTS) is 1. The Bertz CT molecular complexity index is 746. The van der Waals surface area contributed by atoms with Crippen LogP contribution in [-0.2, 0) is 17.4 Å². The average molecular weight is 388 g/mol. The molecule has 8 heteroatoms. The van der Waals surface area contributed by atoms with Gasteiger partial charge in [0.25, 0.3) is 5.56 Å². The molecule has 1 fully saturated rings. The highest BCUT2D eigenvalue weighted by Gasteiger charge is 2.37. The summed E-state index contributed by atoms with van der Waals surface area (Å²) >= 11 is 0. The second kappa shape index (κ2) is 7.66. The van der Waals surface area contributed by atoms with Crippen LogP contribution in [0.2, 0.25) is 0 Å². The zero-order chi connectivity index (χ0) is 20.6. The normalized spacial score (nSPS) is 18.4. The van der Waals surface area contributed by atoms with Crippen LogP contribution in [0.25, 0.3) is 0 Å². The minimum Gasteiger partial charge on any atom is -0.480 e. The SMILES string of the molecule is CC(C)CC(C(=O)O)n1cc(CCN2CC(C)(C)C2)c(C(F)(F)F)cc1=O. The van der Waals surface area contributed by atoms with Crippen molar-refractivity contribution >= 4 is 5.97 Å². The molecule has 152 valence electrons. The first-order chi connectivity index (χ1) is 12.3. The Labute approximate surface area is 156 Å². The number of aromatic nitrogens is 1. The van der Waals surface area contributed by atoms with Crippen LogP contribution in [0.3, 0.4) is 0 Å². The standard InChI is InChI=1S/C19H27F3N2O3/c1-12(2)7-15(17(26)27)24-9-13(5-6-23-10-18(3,4)11-23)14(8-16(24)25)19(20,21)22/h8-9,12,15H,5-7,10-11H2,1-4H3,(H,26,27). The van der Waals surface area contributed by atoms with E-state index in [1.54, 1.807) is 13.8 Å². The molecule has 0 saturated carbocycles. The highest BCUT2D eigenvalue weighted by Crippen LogP contribution is 2.33. The molecule has 0 aliphatic carbocycles. The van der Waals surface area contributed by atoms with Gasteiger partial charge in [0.15, 0.2) is 0 Å². The lowest BCUT2D eigenvalue weighted by Crippen LogP contribution is -2.53. The third-order valence-electron chi connectivity index (χ3n) is 4.78. The maximum atomic E-state index is 13.4. The van der Waals surface area contributed by atoms with Crippen LogP contribution in [0.15, 0.2) is 17.1 Å². The Hall–Kier alpha value is -1.83. The van der Waals surface area contributed by atoms with Crippen LogP contribution in [0, 0.1) is 11.3 Å². The minimum absolute atomic E-state index is 0.0212. The van der Waals surface area contributed by atoms with Gasteiger partial charge in [-0.3, -0.25) is 4.79 Å². The van der Waals surface area contributed by atoms with E-state index >= 15 is 0 Å². The Morgan fingerprint density at radius 3 is 2.33 bits per heavy atom. The minimum atomic E-state index is -4.65. The van der Waals surface area contributed by atoms with E-state index in [4.69, 9.17) is 0 Å². The van der Waals surface area contributed by atoms with Crippen molar-refractivity contribution in [2.45, 2.75) is 52.8 Å². The summed E-state index contributed by atoms with van der Waals surface area (Å²) in [4.78, 5) is 25.9. The fourth-order valence-corrected chi connectivity index (χ4v) is 3.68. The lowest BCUT2D eigenvalue weighted by molar-refractivity contribution is -0.141. The molecule has 1 unspecified atom stereocenters. The number of hydrogen-bond donors (Lipinski definition) is 1. The van der Waals surface area contributed by atoms with Crippen LogP contribution in [0.4, 0.5) is 13.2 Å². The Morgan fingerprint density at radius 2 is 1.89 bits per heavy atom. The van der Waals surface area contributed by atoms with Crippen molar-refractivity contribution in [3.63, 3.8) is 0 Å². The number of halogens is 3. The van der Waals surface area contributed by atoms with E-state index in [-0.39, 0.29) is 29.7 Å². The molecule has 2 rings (SSSR count). The molecule has 1 saturated heterocycles. The van der Waals surface area contributed by atoms with E-state index in [1.807, 2.05) is 0 Å². The number of alkyl halides is 3. The van der Waals surface area contributed by atoms with Crippen molar-refractivity contribution < 1.29 is 23.1 Å². The fourth-order valence-electron chi connectivity index (χ4n) is 3.68. The zero-order valence-corrected chi connectivity index (χ0v) is 16.1. The number of nitrogens with zero attached hydrogens (tertiary/aromatic N) is 2. The Morgan fingerprint density at radius 1 is 1.30 bits per heavy atom. The molecule has 1 aromatic heterocycles. The summed E-state index contributed by atoms with van der Waals surface area (Å²) in [7, 11) is 0. The van der Waals surface area contributed by atoms with E-state index in [9.17, 15) is 27.9 Å². The molecule has 0 radical (unpaired) electrons. The van der Waals surface area contributed by atoms with Gasteiger partial charge in [0.1, 0.15) is 6.04 Å².